The van der Waals surface area contributed by atoms with E-state index in [1.54, 1.807) is 6.26 Å². The van der Waals surface area contributed by atoms with Crippen molar-refractivity contribution in [2.45, 2.75) is 44.4 Å². The molecule has 1 heterocycles. The molecule has 1 aromatic heterocycles. The van der Waals surface area contributed by atoms with Gasteiger partial charge in [-0.05, 0) is 46.0 Å². The molecular weight excluding hydrogens is 269 g/mol. The fourth-order valence-electron chi connectivity index (χ4n) is 2.04. The largest absolute Gasteiger partial charge is 0.468 e. The van der Waals surface area contributed by atoms with Gasteiger partial charge in [-0.1, -0.05) is 0 Å². The standard InChI is InChI=1S/C14H23F3N2O/c1-11(6-4-8-14(15,16)17)18-10-12(19(2)3)13-7-5-9-20-13/h5,7,9,11-12,18H,4,6,8,10H2,1-3H3. The third-order valence-corrected chi connectivity index (χ3v) is 3.25. The molecule has 0 aliphatic heterocycles. The Morgan fingerprint density at radius 3 is 2.55 bits per heavy atom. The molecule has 1 rings (SSSR count). The van der Waals surface area contributed by atoms with E-state index in [2.05, 4.69) is 5.32 Å². The molecule has 0 spiro atoms. The first-order chi connectivity index (χ1) is 9.29. The number of nitrogens with one attached hydrogen (secondary N) is 1. The summed E-state index contributed by atoms with van der Waals surface area (Å²) in [5.41, 5.74) is 0. The fraction of sp³-hybridized carbons (Fsp3) is 0.714. The van der Waals surface area contributed by atoms with Gasteiger partial charge in [0.15, 0.2) is 0 Å². The summed E-state index contributed by atoms with van der Waals surface area (Å²) in [6.07, 6.45) is -2.48. The normalized spacial score (nSPS) is 15.6. The summed E-state index contributed by atoms with van der Waals surface area (Å²) in [7, 11) is 3.90. The lowest BCUT2D eigenvalue weighted by molar-refractivity contribution is -0.135. The van der Waals surface area contributed by atoms with E-state index in [9.17, 15) is 13.2 Å². The van der Waals surface area contributed by atoms with Crippen LogP contribution >= 0.6 is 0 Å². The summed E-state index contributed by atoms with van der Waals surface area (Å²) in [5, 5.41) is 3.27. The predicted molar refractivity (Wildman–Crippen MR) is 72.5 cm³/mol. The van der Waals surface area contributed by atoms with Crippen molar-refractivity contribution in [3.8, 4) is 0 Å². The minimum Gasteiger partial charge on any atom is -0.468 e. The minimum atomic E-state index is -4.06. The molecule has 1 aromatic rings. The summed E-state index contributed by atoms with van der Waals surface area (Å²) in [4.78, 5) is 2.02. The SMILES string of the molecule is CC(CCCC(F)(F)F)NCC(c1ccco1)N(C)C. The Balaban J connectivity index is 2.33. The highest BCUT2D eigenvalue weighted by Crippen LogP contribution is 2.23. The highest BCUT2D eigenvalue weighted by molar-refractivity contribution is 5.05. The van der Waals surface area contributed by atoms with Crippen LogP contribution in [-0.2, 0) is 0 Å². The Bertz CT molecular complexity index is 363. The number of hydrogen-bond acceptors (Lipinski definition) is 3. The van der Waals surface area contributed by atoms with Crippen molar-refractivity contribution in [3.63, 3.8) is 0 Å². The molecule has 0 saturated heterocycles. The summed E-state index contributed by atoms with van der Waals surface area (Å²) >= 11 is 0. The van der Waals surface area contributed by atoms with Crippen LogP contribution in [0.2, 0.25) is 0 Å². The zero-order valence-corrected chi connectivity index (χ0v) is 12.2. The Kier molecular flexibility index (Phi) is 6.55. The molecule has 0 saturated carbocycles. The third-order valence-electron chi connectivity index (χ3n) is 3.25. The zero-order valence-electron chi connectivity index (χ0n) is 12.2. The van der Waals surface area contributed by atoms with Crippen LogP contribution in [0, 0.1) is 0 Å². The Morgan fingerprint density at radius 2 is 2.05 bits per heavy atom. The van der Waals surface area contributed by atoms with Crippen LogP contribution in [0.5, 0.6) is 0 Å². The Labute approximate surface area is 118 Å². The lowest BCUT2D eigenvalue weighted by Crippen LogP contribution is -2.35. The number of hydrogen-bond donors (Lipinski definition) is 1. The van der Waals surface area contributed by atoms with Crippen molar-refractivity contribution in [2.75, 3.05) is 20.6 Å². The van der Waals surface area contributed by atoms with Gasteiger partial charge in [-0.25, -0.2) is 0 Å². The molecule has 2 atom stereocenters. The molecule has 20 heavy (non-hydrogen) atoms. The average molecular weight is 292 g/mol. The van der Waals surface area contributed by atoms with Crippen LogP contribution in [-0.4, -0.2) is 37.8 Å². The second kappa shape index (κ2) is 7.69. The lowest BCUT2D eigenvalue weighted by atomic mass is 10.1. The molecule has 3 nitrogen and oxygen atoms in total. The van der Waals surface area contributed by atoms with Gasteiger partial charge < -0.3 is 9.73 Å². The van der Waals surface area contributed by atoms with Gasteiger partial charge in [-0.15, -0.1) is 0 Å². The van der Waals surface area contributed by atoms with Gasteiger partial charge in [-0.3, -0.25) is 4.90 Å². The number of rotatable bonds is 8. The van der Waals surface area contributed by atoms with Crippen molar-refractivity contribution >= 4 is 0 Å². The van der Waals surface area contributed by atoms with E-state index >= 15 is 0 Å². The highest BCUT2D eigenvalue weighted by Gasteiger charge is 2.26. The van der Waals surface area contributed by atoms with E-state index < -0.39 is 12.6 Å². The molecule has 1 N–H and O–H groups in total. The quantitative estimate of drug-likeness (QED) is 0.793. The molecule has 0 amide bonds. The van der Waals surface area contributed by atoms with Crippen LogP contribution < -0.4 is 5.32 Å². The van der Waals surface area contributed by atoms with Gasteiger partial charge in [0.05, 0.1) is 12.3 Å². The first-order valence-electron chi connectivity index (χ1n) is 6.79. The van der Waals surface area contributed by atoms with Crippen molar-refractivity contribution < 1.29 is 17.6 Å². The van der Waals surface area contributed by atoms with Crippen LogP contribution in [0.3, 0.4) is 0 Å². The van der Waals surface area contributed by atoms with Gasteiger partial charge in [0, 0.05) is 19.0 Å². The van der Waals surface area contributed by atoms with Crippen LogP contribution in [0.15, 0.2) is 22.8 Å². The molecule has 2 unspecified atom stereocenters. The van der Waals surface area contributed by atoms with Gasteiger partial charge in [0.25, 0.3) is 0 Å². The monoisotopic (exact) mass is 292 g/mol. The molecule has 0 aromatic carbocycles. The summed E-state index contributed by atoms with van der Waals surface area (Å²) in [6.45, 7) is 2.55. The first kappa shape index (κ1) is 17.0. The van der Waals surface area contributed by atoms with Gasteiger partial charge in [-0.2, -0.15) is 13.2 Å². The molecule has 0 bridgehead atoms. The summed E-state index contributed by atoms with van der Waals surface area (Å²) in [5.74, 6) is 0.852. The number of halogens is 3. The van der Waals surface area contributed by atoms with E-state index in [-0.39, 0.29) is 18.5 Å². The summed E-state index contributed by atoms with van der Waals surface area (Å²) in [6, 6.07) is 3.86. The number of alkyl halides is 3. The molecule has 6 heteroatoms. The number of nitrogens with zero attached hydrogens (tertiary/aromatic N) is 1. The highest BCUT2D eigenvalue weighted by atomic mass is 19.4. The second-order valence-electron chi connectivity index (χ2n) is 5.31. The van der Waals surface area contributed by atoms with E-state index in [1.165, 1.54) is 0 Å². The molecule has 0 radical (unpaired) electrons. The molecular formula is C14H23F3N2O. The van der Waals surface area contributed by atoms with Gasteiger partial charge >= 0.3 is 6.18 Å². The topological polar surface area (TPSA) is 28.4 Å². The van der Waals surface area contributed by atoms with Gasteiger partial charge in [0.2, 0.25) is 0 Å². The lowest BCUT2D eigenvalue weighted by Gasteiger charge is -2.25. The number of likely N-dealkylation sites (N-methyl/N-ethyl adjacent to an activating group) is 1. The molecule has 116 valence electrons. The Hall–Kier alpha value is -1.01. The average Bonchev–Trinajstić information content (AvgIpc) is 2.80. The van der Waals surface area contributed by atoms with Crippen molar-refractivity contribution in [2.24, 2.45) is 0 Å². The Morgan fingerprint density at radius 1 is 1.35 bits per heavy atom. The second-order valence-corrected chi connectivity index (χ2v) is 5.31. The van der Waals surface area contributed by atoms with E-state index in [0.717, 1.165) is 5.76 Å². The van der Waals surface area contributed by atoms with E-state index in [0.29, 0.717) is 13.0 Å². The van der Waals surface area contributed by atoms with Crippen LogP contribution in [0.4, 0.5) is 13.2 Å². The molecule has 0 aliphatic rings. The zero-order chi connectivity index (χ0) is 15.2. The van der Waals surface area contributed by atoms with E-state index in [1.807, 2.05) is 38.1 Å². The van der Waals surface area contributed by atoms with Gasteiger partial charge in [0.1, 0.15) is 5.76 Å². The van der Waals surface area contributed by atoms with Crippen LogP contribution in [0.1, 0.15) is 38.0 Å². The minimum absolute atomic E-state index is 0.0507. The van der Waals surface area contributed by atoms with Crippen LogP contribution in [0.25, 0.3) is 0 Å². The molecule has 0 aliphatic carbocycles. The molecule has 0 fully saturated rings. The smallest absolute Gasteiger partial charge is 0.389 e. The number of furan rings is 1. The first-order valence-corrected chi connectivity index (χ1v) is 6.79. The maximum Gasteiger partial charge on any atom is 0.389 e. The fourth-order valence-corrected chi connectivity index (χ4v) is 2.04. The summed E-state index contributed by atoms with van der Waals surface area (Å²) < 4.78 is 41.6. The van der Waals surface area contributed by atoms with Crippen molar-refractivity contribution in [1.29, 1.82) is 0 Å². The maximum atomic E-state index is 12.1. The third kappa shape index (κ3) is 6.43. The van der Waals surface area contributed by atoms with Crippen molar-refractivity contribution in [1.82, 2.24) is 10.2 Å². The maximum absolute atomic E-state index is 12.1. The predicted octanol–water partition coefficient (Wildman–Crippen LogP) is 3.59. The van der Waals surface area contributed by atoms with Crippen molar-refractivity contribution in [3.05, 3.63) is 24.2 Å². The van der Waals surface area contributed by atoms with E-state index in [4.69, 9.17) is 4.42 Å².